The monoisotopic (exact) mass is 384 g/mol. The van der Waals surface area contributed by atoms with Gasteiger partial charge in [-0.3, -0.25) is 4.79 Å². The van der Waals surface area contributed by atoms with Gasteiger partial charge in [-0.25, -0.2) is 4.98 Å². The van der Waals surface area contributed by atoms with Crippen LogP contribution in [0.4, 0.5) is 19.0 Å². The molecule has 2 unspecified atom stereocenters. The summed E-state index contributed by atoms with van der Waals surface area (Å²) < 4.78 is 40.0. The van der Waals surface area contributed by atoms with E-state index in [1.54, 1.807) is 4.90 Å². The predicted molar refractivity (Wildman–Crippen MR) is 97.1 cm³/mol. The molecule has 2 aliphatic rings. The third-order valence-corrected chi connectivity index (χ3v) is 5.79. The van der Waals surface area contributed by atoms with Gasteiger partial charge in [0.25, 0.3) is 0 Å². The third-order valence-electron chi connectivity index (χ3n) is 5.79. The Morgan fingerprint density at radius 2 is 2.04 bits per heavy atom. The zero-order valence-electron chi connectivity index (χ0n) is 15.8. The molecule has 0 spiro atoms. The van der Waals surface area contributed by atoms with Crippen LogP contribution in [-0.2, 0) is 11.0 Å². The molecule has 0 bridgehead atoms. The van der Waals surface area contributed by atoms with Gasteiger partial charge in [-0.2, -0.15) is 13.2 Å². The maximum absolute atomic E-state index is 13.3. The molecule has 2 saturated heterocycles. The SMILES string of the molecule is CC1(C)CN(C(=O)C2CCCN(c3ncccc3C(F)(F)F)C2)CCC1N. The van der Waals surface area contributed by atoms with Crippen molar-refractivity contribution in [3.8, 4) is 0 Å². The molecule has 1 aromatic heterocycles. The molecule has 0 aliphatic carbocycles. The lowest BCUT2D eigenvalue weighted by molar-refractivity contribution is -0.139. The van der Waals surface area contributed by atoms with E-state index in [0.717, 1.165) is 12.5 Å². The molecule has 0 aromatic carbocycles. The van der Waals surface area contributed by atoms with Crippen LogP contribution in [0.25, 0.3) is 0 Å². The number of anilines is 1. The standard InChI is InChI=1S/C19H27F3N4O/c1-18(2)12-26(10-7-15(18)23)17(27)13-5-4-9-25(11-13)16-14(19(20,21)22)6-3-8-24-16/h3,6,8,13,15H,4-5,7,9-12,23H2,1-2H3. The number of likely N-dealkylation sites (tertiary alicyclic amines) is 1. The Morgan fingerprint density at radius 1 is 1.30 bits per heavy atom. The topological polar surface area (TPSA) is 62.5 Å². The second-order valence-corrected chi connectivity index (χ2v) is 8.30. The highest BCUT2D eigenvalue weighted by Crippen LogP contribution is 2.37. The van der Waals surface area contributed by atoms with Crippen molar-refractivity contribution in [2.75, 3.05) is 31.1 Å². The second-order valence-electron chi connectivity index (χ2n) is 8.30. The van der Waals surface area contributed by atoms with Crippen LogP contribution in [0.2, 0.25) is 0 Å². The first-order valence-corrected chi connectivity index (χ1v) is 9.41. The van der Waals surface area contributed by atoms with Crippen molar-refractivity contribution in [3.05, 3.63) is 23.9 Å². The van der Waals surface area contributed by atoms with Gasteiger partial charge >= 0.3 is 6.18 Å². The van der Waals surface area contributed by atoms with Gasteiger partial charge in [0, 0.05) is 38.4 Å². The van der Waals surface area contributed by atoms with E-state index in [9.17, 15) is 18.0 Å². The summed E-state index contributed by atoms with van der Waals surface area (Å²) in [4.78, 5) is 20.4. The molecule has 2 atom stereocenters. The van der Waals surface area contributed by atoms with E-state index < -0.39 is 11.7 Å². The first-order valence-electron chi connectivity index (χ1n) is 9.41. The molecule has 2 fully saturated rings. The van der Waals surface area contributed by atoms with Crippen molar-refractivity contribution >= 4 is 11.7 Å². The number of rotatable bonds is 2. The highest BCUT2D eigenvalue weighted by atomic mass is 19.4. The van der Waals surface area contributed by atoms with Crippen molar-refractivity contribution in [1.82, 2.24) is 9.88 Å². The summed E-state index contributed by atoms with van der Waals surface area (Å²) in [6.07, 6.45) is -1.00. The van der Waals surface area contributed by atoms with Crippen molar-refractivity contribution in [3.63, 3.8) is 0 Å². The molecule has 2 N–H and O–H groups in total. The summed E-state index contributed by atoms with van der Waals surface area (Å²) in [6.45, 7) is 6.03. The molecule has 0 radical (unpaired) electrons. The lowest BCUT2D eigenvalue weighted by atomic mass is 9.79. The molecule has 1 aromatic rings. The lowest BCUT2D eigenvalue weighted by Crippen LogP contribution is -2.56. The van der Waals surface area contributed by atoms with E-state index in [1.807, 2.05) is 18.7 Å². The second kappa shape index (κ2) is 7.30. The predicted octanol–water partition coefficient (Wildman–Crippen LogP) is 2.90. The normalized spacial score (nSPS) is 26.1. The minimum atomic E-state index is -4.46. The Balaban J connectivity index is 1.75. The summed E-state index contributed by atoms with van der Waals surface area (Å²) in [6, 6.07) is 2.38. The highest BCUT2D eigenvalue weighted by molar-refractivity contribution is 5.80. The van der Waals surface area contributed by atoms with E-state index in [4.69, 9.17) is 5.73 Å². The van der Waals surface area contributed by atoms with Crippen LogP contribution in [0, 0.1) is 11.3 Å². The van der Waals surface area contributed by atoms with E-state index in [1.165, 1.54) is 12.3 Å². The summed E-state index contributed by atoms with van der Waals surface area (Å²) >= 11 is 0. The van der Waals surface area contributed by atoms with Crippen LogP contribution in [-0.4, -0.2) is 48.0 Å². The Bertz CT molecular complexity index is 692. The summed E-state index contributed by atoms with van der Waals surface area (Å²) in [5.74, 6) is -0.375. The fourth-order valence-corrected chi connectivity index (χ4v) is 4.06. The molecule has 5 nitrogen and oxygen atoms in total. The molecule has 27 heavy (non-hydrogen) atoms. The first kappa shape index (κ1) is 19.9. The molecule has 3 heterocycles. The lowest BCUT2D eigenvalue weighted by Gasteiger charge is -2.44. The fourth-order valence-electron chi connectivity index (χ4n) is 4.06. The number of alkyl halides is 3. The number of amides is 1. The van der Waals surface area contributed by atoms with Crippen LogP contribution in [0.15, 0.2) is 18.3 Å². The van der Waals surface area contributed by atoms with Gasteiger partial charge in [0.1, 0.15) is 5.82 Å². The molecule has 8 heteroatoms. The van der Waals surface area contributed by atoms with Crippen LogP contribution >= 0.6 is 0 Å². The van der Waals surface area contributed by atoms with Crippen molar-refractivity contribution in [1.29, 1.82) is 0 Å². The molecular formula is C19H27F3N4O. The number of hydrogen-bond acceptors (Lipinski definition) is 4. The zero-order chi connectivity index (χ0) is 19.8. The average Bonchev–Trinajstić information content (AvgIpc) is 2.63. The Labute approximate surface area is 157 Å². The summed E-state index contributed by atoms with van der Waals surface area (Å²) in [5, 5.41) is 0. The number of carbonyl (C=O) groups excluding carboxylic acids is 1. The number of hydrogen-bond donors (Lipinski definition) is 1. The first-order chi connectivity index (χ1) is 12.6. The van der Waals surface area contributed by atoms with Crippen LogP contribution in [0.3, 0.4) is 0 Å². The van der Waals surface area contributed by atoms with Gasteiger partial charge in [-0.05, 0) is 36.8 Å². The molecule has 2 aliphatic heterocycles. The van der Waals surface area contributed by atoms with E-state index in [0.29, 0.717) is 32.5 Å². The van der Waals surface area contributed by atoms with Crippen LogP contribution in [0.5, 0.6) is 0 Å². The summed E-state index contributed by atoms with van der Waals surface area (Å²) in [7, 11) is 0. The van der Waals surface area contributed by atoms with Gasteiger partial charge in [0.2, 0.25) is 5.91 Å². The van der Waals surface area contributed by atoms with Gasteiger partial charge in [0.05, 0.1) is 11.5 Å². The minimum Gasteiger partial charge on any atom is -0.355 e. The molecule has 3 rings (SSSR count). The Kier molecular flexibility index (Phi) is 5.38. The smallest absolute Gasteiger partial charge is 0.355 e. The quantitative estimate of drug-likeness (QED) is 0.852. The van der Waals surface area contributed by atoms with Crippen LogP contribution < -0.4 is 10.6 Å². The van der Waals surface area contributed by atoms with Crippen molar-refractivity contribution in [2.45, 2.75) is 45.3 Å². The van der Waals surface area contributed by atoms with Crippen molar-refractivity contribution in [2.24, 2.45) is 17.1 Å². The highest BCUT2D eigenvalue weighted by Gasteiger charge is 2.40. The van der Waals surface area contributed by atoms with Gasteiger partial charge < -0.3 is 15.5 Å². The fraction of sp³-hybridized carbons (Fsp3) is 0.684. The third kappa shape index (κ3) is 4.20. The van der Waals surface area contributed by atoms with Gasteiger partial charge in [0.15, 0.2) is 0 Å². The number of pyridine rings is 1. The van der Waals surface area contributed by atoms with E-state index >= 15 is 0 Å². The Morgan fingerprint density at radius 3 is 2.70 bits per heavy atom. The zero-order valence-corrected chi connectivity index (χ0v) is 15.8. The number of piperidine rings is 2. The summed E-state index contributed by atoms with van der Waals surface area (Å²) in [5.41, 5.74) is 5.24. The minimum absolute atomic E-state index is 0.0177. The van der Waals surface area contributed by atoms with E-state index in [2.05, 4.69) is 4.98 Å². The van der Waals surface area contributed by atoms with Gasteiger partial charge in [-0.1, -0.05) is 13.8 Å². The number of carbonyl (C=O) groups is 1. The Hall–Kier alpha value is -1.83. The van der Waals surface area contributed by atoms with E-state index in [-0.39, 0.29) is 35.6 Å². The maximum atomic E-state index is 13.3. The van der Waals surface area contributed by atoms with Crippen molar-refractivity contribution < 1.29 is 18.0 Å². The van der Waals surface area contributed by atoms with Crippen LogP contribution in [0.1, 0.15) is 38.7 Å². The maximum Gasteiger partial charge on any atom is 0.419 e. The number of nitrogens with zero attached hydrogens (tertiary/aromatic N) is 3. The van der Waals surface area contributed by atoms with Gasteiger partial charge in [-0.15, -0.1) is 0 Å². The average molecular weight is 384 g/mol. The number of nitrogens with two attached hydrogens (primary N) is 1. The molecular weight excluding hydrogens is 357 g/mol. The molecule has 1 amide bonds. The molecule has 0 saturated carbocycles. The number of halogens is 3. The number of aromatic nitrogens is 1. The largest absolute Gasteiger partial charge is 0.419 e. The molecule has 150 valence electrons.